The summed E-state index contributed by atoms with van der Waals surface area (Å²) in [7, 11) is -2.32. The number of nitrogens with zero attached hydrogens (tertiary/aromatic N) is 2. The van der Waals surface area contributed by atoms with E-state index in [9.17, 15) is 27.6 Å². The minimum absolute atomic E-state index is 0.00533. The number of nitrogens with one attached hydrogen (secondary N) is 3. The van der Waals surface area contributed by atoms with E-state index in [1.807, 2.05) is 24.3 Å². The van der Waals surface area contributed by atoms with Gasteiger partial charge in [0.05, 0.1) is 25.1 Å². The quantitative estimate of drug-likeness (QED) is 0.197. The van der Waals surface area contributed by atoms with Gasteiger partial charge in [-0.2, -0.15) is 0 Å². The van der Waals surface area contributed by atoms with Crippen molar-refractivity contribution < 1.29 is 41.9 Å². The van der Waals surface area contributed by atoms with Crippen molar-refractivity contribution in [2.75, 3.05) is 13.7 Å². The molecule has 5 aliphatic rings. The lowest BCUT2D eigenvalue weighted by Crippen LogP contribution is -2.58. The second-order valence-electron chi connectivity index (χ2n) is 14.0. The number of carbonyl (C=O) groups excluding carboxylic acids is 4. The van der Waals surface area contributed by atoms with E-state index < -0.39 is 68.7 Å². The van der Waals surface area contributed by atoms with Gasteiger partial charge in [-0.25, -0.2) is 13.2 Å². The third-order valence-electron chi connectivity index (χ3n) is 10.3. The van der Waals surface area contributed by atoms with Crippen LogP contribution in [0.5, 0.6) is 5.75 Å². The molecule has 14 nitrogen and oxygen atoms in total. The van der Waals surface area contributed by atoms with Gasteiger partial charge in [-0.05, 0) is 76.3 Å². The Morgan fingerprint density at radius 1 is 1.02 bits per heavy atom. The average molecular weight is 714 g/mol. The number of methoxy groups -OCH3 is 1. The van der Waals surface area contributed by atoms with Crippen LogP contribution in [0.3, 0.4) is 0 Å². The van der Waals surface area contributed by atoms with Crippen molar-refractivity contribution >= 4 is 40.1 Å². The molecule has 3 aliphatic carbocycles. The maximum absolute atomic E-state index is 14.3. The number of ether oxygens (including phenoxy) is 2. The molecule has 0 unspecified atom stereocenters. The number of benzene rings is 1. The van der Waals surface area contributed by atoms with E-state index >= 15 is 0 Å². The molecular weight excluding hydrogens is 666 g/mol. The highest BCUT2D eigenvalue weighted by Crippen LogP contribution is 2.46. The Balaban J connectivity index is 1.24. The van der Waals surface area contributed by atoms with Gasteiger partial charge in [0.15, 0.2) is 0 Å². The summed E-state index contributed by atoms with van der Waals surface area (Å²) in [6.07, 6.45) is 11.8. The number of hydrogen-bond donors (Lipinski definition) is 3. The monoisotopic (exact) mass is 713 g/mol. The standard InChI is InChI=1S/C35H47N5O9S/c1-47-30-16-10-7-11-23(30)21-36-49-26-19-29-31(41)38-35(33(43)39-50(45,46)27-17-18-27)20-24(35)12-5-3-2-4-6-15-28(32(42)40(29)22-26)37-34(44)48-25-13-8-9-14-25/h5,7,10-12,16,21,24-29H,2-4,6,8-9,13-15,17-20,22H2,1H3,(H,37,44)(H,38,41)(H,39,43)/b12-5-,36-21+/t24-,26-,28+,29+,35+/m1/s1. The molecule has 0 radical (unpaired) electrons. The van der Waals surface area contributed by atoms with Crippen LogP contribution in [0, 0.1) is 5.92 Å². The second-order valence-corrected chi connectivity index (χ2v) is 15.9. The van der Waals surface area contributed by atoms with Crippen LogP contribution in [0.1, 0.15) is 89.0 Å². The predicted molar refractivity (Wildman–Crippen MR) is 183 cm³/mol. The summed E-state index contributed by atoms with van der Waals surface area (Å²) in [4.78, 5) is 62.2. The van der Waals surface area contributed by atoms with Crippen molar-refractivity contribution in [3.63, 3.8) is 0 Å². The van der Waals surface area contributed by atoms with Gasteiger partial charge in [0.1, 0.15) is 35.6 Å². The van der Waals surface area contributed by atoms with Gasteiger partial charge in [-0.15, -0.1) is 0 Å². The molecular formula is C35H47N5O9S. The van der Waals surface area contributed by atoms with Crippen LogP contribution in [0.15, 0.2) is 41.6 Å². The van der Waals surface area contributed by atoms with Crippen molar-refractivity contribution in [3.8, 4) is 5.75 Å². The molecule has 50 heavy (non-hydrogen) atoms. The maximum Gasteiger partial charge on any atom is 0.408 e. The summed E-state index contributed by atoms with van der Waals surface area (Å²) in [5.74, 6) is -1.68. The largest absolute Gasteiger partial charge is 0.496 e. The van der Waals surface area contributed by atoms with Gasteiger partial charge in [0.25, 0.3) is 5.91 Å². The fraction of sp³-hybridized carbons (Fsp3) is 0.629. The molecule has 0 aromatic heterocycles. The molecule has 2 heterocycles. The summed E-state index contributed by atoms with van der Waals surface area (Å²) >= 11 is 0. The number of hydrogen-bond acceptors (Lipinski definition) is 10. The van der Waals surface area contributed by atoms with Crippen LogP contribution >= 0.6 is 0 Å². The zero-order chi connectivity index (χ0) is 35.3. The minimum atomic E-state index is -3.87. The van der Waals surface area contributed by atoms with Gasteiger partial charge in [0.2, 0.25) is 21.8 Å². The van der Waals surface area contributed by atoms with E-state index in [0.717, 1.165) is 38.5 Å². The Morgan fingerprint density at radius 2 is 1.78 bits per heavy atom. The van der Waals surface area contributed by atoms with Crippen LogP contribution in [-0.4, -0.2) is 92.1 Å². The van der Waals surface area contributed by atoms with E-state index in [-0.39, 0.29) is 25.5 Å². The third kappa shape index (κ3) is 8.41. The van der Waals surface area contributed by atoms with Crippen molar-refractivity contribution in [2.24, 2.45) is 11.1 Å². The molecule has 1 aromatic carbocycles. The van der Waals surface area contributed by atoms with E-state index in [1.54, 1.807) is 19.2 Å². The van der Waals surface area contributed by atoms with Crippen molar-refractivity contribution in [1.82, 2.24) is 20.3 Å². The first kappa shape index (κ1) is 35.7. The molecule has 272 valence electrons. The number of para-hydroxylation sites is 1. The average Bonchev–Trinajstić information content (AvgIpc) is 3.97. The van der Waals surface area contributed by atoms with E-state index in [2.05, 4.69) is 20.5 Å². The van der Waals surface area contributed by atoms with Crippen molar-refractivity contribution in [1.29, 1.82) is 0 Å². The van der Waals surface area contributed by atoms with E-state index in [0.29, 0.717) is 43.4 Å². The molecule has 3 N–H and O–H groups in total. The summed E-state index contributed by atoms with van der Waals surface area (Å²) in [6.45, 7) is -0.00533. The molecule has 2 aliphatic heterocycles. The van der Waals surface area contributed by atoms with Gasteiger partial charge in [-0.3, -0.25) is 19.1 Å². The molecule has 0 bridgehead atoms. The molecule has 6 rings (SSSR count). The zero-order valence-electron chi connectivity index (χ0n) is 28.4. The van der Waals surface area contributed by atoms with Gasteiger partial charge in [-0.1, -0.05) is 42.3 Å². The number of rotatable bonds is 9. The molecule has 3 saturated carbocycles. The van der Waals surface area contributed by atoms with Crippen molar-refractivity contribution in [3.05, 3.63) is 42.0 Å². The lowest BCUT2D eigenvalue weighted by Gasteiger charge is -2.30. The Morgan fingerprint density at radius 3 is 2.54 bits per heavy atom. The highest BCUT2D eigenvalue weighted by molar-refractivity contribution is 7.91. The SMILES string of the molecule is COc1ccccc1/C=N/O[C@@H]1C[C@H]2C(=O)N[C@@]3(C(=O)NS(=O)(=O)C4CC4)C[C@H]3/C=C\CCCCC[C@H](NC(=O)OC3CCCC3)C(=O)N2C1. The fourth-order valence-corrected chi connectivity index (χ4v) is 8.48. The summed E-state index contributed by atoms with van der Waals surface area (Å²) < 4.78 is 38.7. The Hall–Kier alpha value is -4.14. The summed E-state index contributed by atoms with van der Waals surface area (Å²) in [6, 6.07) is 5.20. The predicted octanol–water partition coefficient (Wildman–Crippen LogP) is 3.06. The number of carbonyl (C=O) groups is 4. The Kier molecular flexibility index (Phi) is 11.0. The molecule has 5 atom stereocenters. The highest BCUT2D eigenvalue weighted by Gasteiger charge is 2.62. The van der Waals surface area contributed by atoms with E-state index in [4.69, 9.17) is 14.3 Å². The molecule has 1 saturated heterocycles. The first-order valence-electron chi connectivity index (χ1n) is 17.7. The van der Waals surface area contributed by atoms with Gasteiger partial charge in [0, 0.05) is 17.9 Å². The summed E-state index contributed by atoms with van der Waals surface area (Å²) in [5.41, 5.74) is -0.808. The Labute approximate surface area is 292 Å². The number of alkyl carbamates (subject to hydrolysis) is 1. The highest BCUT2D eigenvalue weighted by atomic mass is 32.2. The molecule has 0 spiro atoms. The van der Waals surface area contributed by atoms with Crippen LogP contribution in [0.2, 0.25) is 0 Å². The van der Waals surface area contributed by atoms with Crippen molar-refractivity contribution in [2.45, 2.75) is 119 Å². The smallest absolute Gasteiger partial charge is 0.408 e. The summed E-state index contributed by atoms with van der Waals surface area (Å²) in [5, 5.41) is 9.15. The van der Waals surface area contributed by atoms with Gasteiger partial charge < -0.3 is 29.8 Å². The Bertz CT molecular complexity index is 1610. The number of allylic oxidation sites excluding steroid dienone is 1. The minimum Gasteiger partial charge on any atom is -0.496 e. The number of oxime groups is 1. The second kappa shape index (κ2) is 15.4. The third-order valence-corrected chi connectivity index (χ3v) is 12.1. The maximum atomic E-state index is 14.3. The lowest BCUT2D eigenvalue weighted by atomic mass is 10.0. The topological polar surface area (TPSA) is 182 Å². The number of fused-ring (bicyclic) bond motifs is 2. The zero-order valence-corrected chi connectivity index (χ0v) is 29.2. The van der Waals surface area contributed by atoms with Gasteiger partial charge >= 0.3 is 6.09 Å². The molecule has 15 heteroatoms. The first-order chi connectivity index (χ1) is 24.1. The van der Waals surface area contributed by atoms with Crippen LogP contribution < -0.4 is 20.1 Å². The molecule has 1 aromatic rings. The van der Waals surface area contributed by atoms with E-state index in [1.165, 1.54) is 11.1 Å². The molecule has 4 amide bonds. The number of sulfonamides is 1. The normalized spacial score (nSPS) is 29.9. The van der Waals surface area contributed by atoms with Crippen LogP contribution in [-0.2, 0) is 34.0 Å². The fourth-order valence-electron chi connectivity index (χ4n) is 7.12. The first-order valence-corrected chi connectivity index (χ1v) is 19.3. The van der Waals surface area contributed by atoms with Crippen LogP contribution in [0.4, 0.5) is 4.79 Å². The lowest BCUT2D eigenvalue weighted by molar-refractivity contribution is -0.141. The number of amides is 4. The van der Waals surface area contributed by atoms with Crippen LogP contribution in [0.25, 0.3) is 0 Å². The molecule has 4 fully saturated rings.